The lowest BCUT2D eigenvalue weighted by Crippen LogP contribution is -2.55. The summed E-state index contributed by atoms with van der Waals surface area (Å²) < 4.78 is 14.0. The number of carbonyl (C=O) groups excluding carboxylic acids is 3. The van der Waals surface area contributed by atoms with Gasteiger partial charge in [-0.25, -0.2) is 4.39 Å². The van der Waals surface area contributed by atoms with E-state index in [-0.39, 0.29) is 41.1 Å². The standard InChI is InChI=1S/C30H37ClFN3O3/c1-5-17(2)28(36)34-26(16-20-15-23(31)24(32)14-19(20)4)30(38)35-13-7-10-27(35)29(37)33-25-12-11-21-18(3)8-6-9-22(21)25/h6,8-9,14-15,17,25-27H,5,7,10-13,16H2,1-4H3,(H,33,37)(H,34,36)/t17-,25?,26+,27+/m1/s1. The maximum Gasteiger partial charge on any atom is 0.246 e. The van der Waals surface area contributed by atoms with E-state index in [1.54, 1.807) is 11.8 Å². The van der Waals surface area contributed by atoms with Gasteiger partial charge in [-0.3, -0.25) is 14.4 Å². The molecule has 0 saturated carbocycles. The summed E-state index contributed by atoms with van der Waals surface area (Å²) in [5.74, 6) is -1.49. The number of fused-ring (bicyclic) bond motifs is 1. The van der Waals surface area contributed by atoms with Gasteiger partial charge in [-0.05, 0) is 85.9 Å². The molecule has 2 aliphatic rings. The van der Waals surface area contributed by atoms with Crippen LogP contribution in [0.1, 0.15) is 73.4 Å². The molecule has 4 atom stereocenters. The molecule has 2 aromatic rings. The topological polar surface area (TPSA) is 78.5 Å². The van der Waals surface area contributed by atoms with Gasteiger partial charge in [-0.15, -0.1) is 0 Å². The van der Waals surface area contributed by atoms with Crippen molar-refractivity contribution in [3.8, 4) is 0 Å². The zero-order chi connectivity index (χ0) is 27.6. The number of amides is 3. The maximum atomic E-state index is 14.0. The van der Waals surface area contributed by atoms with Gasteiger partial charge in [0.1, 0.15) is 17.9 Å². The number of hydrogen-bond acceptors (Lipinski definition) is 3. The SMILES string of the molecule is CC[C@@H](C)C(=O)N[C@@H](Cc1cc(Cl)c(F)cc1C)C(=O)N1CCC[C@H]1C(=O)NC1CCc2c(C)cccc21. The number of nitrogens with zero attached hydrogens (tertiary/aromatic N) is 1. The summed E-state index contributed by atoms with van der Waals surface area (Å²) in [6.45, 7) is 8.00. The first kappa shape index (κ1) is 28.1. The van der Waals surface area contributed by atoms with Crippen LogP contribution >= 0.6 is 11.6 Å². The lowest BCUT2D eigenvalue weighted by Gasteiger charge is -2.30. The van der Waals surface area contributed by atoms with Crippen molar-refractivity contribution in [2.24, 2.45) is 5.92 Å². The summed E-state index contributed by atoms with van der Waals surface area (Å²) in [5.41, 5.74) is 4.99. The fourth-order valence-electron chi connectivity index (χ4n) is 5.58. The van der Waals surface area contributed by atoms with Crippen LogP contribution in [0.2, 0.25) is 5.02 Å². The van der Waals surface area contributed by atoms with Crippen molar-refractivity contribution in [3.63, 3.8) is 0 Å². The first-order valence-corrected chi connectivity index (χ1v) is 13.9. The van der Waals surface area contributed by atoms with E-state index in [0.29, 0.717) is 36.9 Å². The smallest absolute Gasteiger partial charge is 0.246 e. The summed E-state index contributed by atoms with van der Waals surface area (Å²) in [6.07, 6.45) is 3.82. The molecule has 0 bridgehead atoms. The lowest BCUT2D eigenvalue weighted by molar-refractivity contribution is -0.142. The number of halogens is 2. The molecule has 3 amide bonds. The number of likely N-dealkylation sites (tertiary alicyclic amines) is 1. The molecule has 204 valence electrons. The Morgan fingerprint density at radius 3 is 2.66 bits per heavy atom. The molecule has 4 rings (SSSR count). The monoisotopic (exact) mass is 541 g/mol. The minimum atomic E-state index is -0.889. The van der Waals surface area contributed by atoms with Crippen molar-refractivity contribution >= 4 is 29.3 Å². The Balaban J connectivity index is 1.54. The highest BCUT2D eigenvalue weighted by Gasteiger charge is 2.39. The van der Waals surface area contributed by atoms with Crippen molar-refractivity contribution in [1.82, 2.24) is 15.5 Å². The summed E-state index contributed by atoms with van der Waals surface area (Å²) >= 11 is 6.04. The molecule has 1 aliphatic heterocycles. The molecular weight excluding hydrogens is 505 g/mol. The molecule has 0 radical (unpaired) electrons. The van der Waals surface area contributed by atoms with Crippen LogP contribution < -0.4 is 10.6 Å². The van der Waals surface area contributed by atoms with Crippen molar-refractivity contribution < 1.29 is 18.8 Å². The van der Waals surface area contributed by atoms with Gasteiger partial charge in [-0.1, -0.05) is 43.6 Å². The van der Waals surface area contributed by atoms with E-state index in [2.05, 4.69) is 29.7 Å². The van der Waals surface area contributed by atoms with Crippen LogP contribution in [-0.2, 0) is 27.2 Å². The zero-order valence-electron chi connectivity index (χ0n) is 22.6. The largest absolute Gasteiger partial charge is 0.347 e. The molecule has 1 aliphatic carbocycles. The molecule has 8 heteroatoms. The first-order valence-electron chi connectivity index (χ1n) is 13.5. The molecule has 1 heterocycles. The Hall–Kier alpha value is -2.93. The number of benzene rings is 2. The van der Waals surface area contributed by atoms with Gasteiger partial charge in [0.25, 0.3) is 0 Å². The fourth-order valence-corrected chi connectivity index (χ4v) is 5.77. The molecule has 6 nitrogen and oxygen atoms in total. The Morgan fingerprint density at radius 1 is 1.16 bits per heavy atom. The van der Waals surface area contributed by atoms with E-state index in [9.17, 15) is 18.8 Å². The Bertz CT molecular complexity index is 1230. The molecule has 1 unspecified atom stereocenters. The predicted molar refractivity (Wildman–Crippen MR) is 146 cm³/mol. The Labute approximate surface area is 229 Å². The molecule has 2 aromatic carbocycles. The quantitative estimate of drug-likeness (QED) is 0.495. The van der Waals surface area contributed by atoms with Gasteiger partial charge in [0.15, 0.2) is 0 Å². The van der Waals surface area contributed by atoms with Crippen LogP contribution in [0.4, 0.5) is 4.39 Å². The average molecular weight is 542 g/mol. The van der Waals surface area contributed by atoms with E-state index in [1.165, 1.54) is 23.3 Å². The van der Waals surface area contributed by atoms with Crippen LogP contribution in [-0.4, -0.2) is 41.2 Å². The third-order valence-corrected chi connectivity index (χ3v) is 8.43. The van der Waals surface area contributed by atoms with Gasteiger partial charge in [0.05, 0.1) is 11.1 Å². The van der Waals surface area contributed by atoms with Gasteiger partial charge in [0, 0.05) is 18.9 Å². The molecule has 1 saturated heterocycles. The average Bonchev–Trinajstić information content (AvgIpc) is 3.54. The van der Waals surface area contributed by atoms with Crippen LogP contribution in [0.25, 0.3) is 0 Å². The second-order valence-corrected chi connectivity index (χ2v) is 11.1. The molecule has 0 aromatic heterocycles. The highest BCUT2D eigenvalue weighted by atomic mass is 35.5. The van der Waals surface area contributed by atoms with Crippen molar-refractivity contribution in [2.45, 2.75) is 84.3 Å². The predicted octanol–water partition coefficient (Wildman–Crippen LogP) is 4.96. The lowest BCUT2D eigenvalue weighted by atomic mass is 9.98. The van der Waals surface area contributed by atoms with E-state index in [0.717, 1.165) is 18.4 Å². The van der Waals surface area contributed by atoms with E-state index in [4.69, 9.17) is 11.6 Å². The molecular formula is C30H37ClFN3O3. The maximum absolute atomic E-state index is 14.0. The minimum Gasteiger partial charge on any atom is -0.347 e. The summed E-state index contributed by atoms with van der Waals surface area (Å²) in [4.78, 5) is 41.8. The number of carbonyl (C=O) groups is 3. The summed E-state index contributed by atoms with van der Waals surface area (Å²) in [7, 11) is 0. The van der Waals surface area contributed by atoms with E-state index in [1.807, 2.05) is 19.9 Å². The van der Waals surface area contributed by atoms with Gasteiger partial charge in [-0.2, -0.15) is 0 Å². The van der Waals surface area contributed by atoms with Crippen LogP contribution in [0.3, 0.4) is 0 Å². The molecule has 1 fully saturated rings. The third-order valence-electron chi connectivity index (χ3n) is 8.14. The fraction of sp³-hybridized carbons (Fsp3) is 0.500. The van der Waals surface area contributed by atoms with Gasteiger partial charge in [0.2, 0.25) is 17.7 Å². The highest BCUT2D eigenvalue weighted by Crippen LogP contribution is 2.33. The van der Waals surface area contributed by atoms with E-state index < -0.39 is 17.9 Å². The van der Waals surface area contributed by atoms with Gasteiger partial charge >= 0.3 is 0 Å². The number of rotatable bonds is 8. The molecule has 0 spiro atoms. The number of hydrogen-bond donors (Lipinski definition) is 2. The Kier molecular flexibility index (Phi) is 8.76. The summed E-state index contributed by atoms with van der Waals surface area (Å²) in [6, 6.07) is 7.45. The van der Waals surface area contributed by atoms with Crippen molar-refractivity contribution in [3.05, 3.63) is 69.0 Å². The number of nitrogens with one attached hydrogen (secondary N) is 2. The normalized spacial score (nSPS) is 20.1. The minimum absolute atomic E-state index is 0.0319. The van der Waals surface area contributed by atoms with Crippen molar-refractivity contribution in [2.75, 3.05) is 6.54 Å². The summed E-state index contributed by atoms with van der Waals surface area (Å²) in [5, 5.41) is 6.06. The van der Waals surface area contributed by atoms with Crippen LogP contribution in [0.5, 0.6) is 0 Å². The second-order valence-electron chi connectivity index (χ2n) is 10.7. The Morgan fingerprint density at radius 2 is 1.92 bits per heavy atom. The van der Waals surface area contributed by atoms with Crippen LogP contribution in [0.15, 0.2) is 30.3 Å². The number of aryl methyl sites for hydroxylation is 2. The second kappa shape index (κ2) is 11.9. The van der Waals surface area contributed by atoms with E-state index >= 15 is 0 Å². The first-order chi connectivity index (χ1) is 18.1. The third kappa shape index (κ3) is 5.88. The van der Waals surface area contributed by atoms with Crippen molar-refractivity contribution in [1.29, 1.82) is 0 Å². The van der Waals surface area contributed by atoms with Crippen LogP contribution in [0, 0.1) is 25.6 Å². The zero-order valence-corrected chi connectivity index (χ0v) is 23.3. The van der Waals surface area contributed by atoms with Gasteiger partial charge < -0.3 is 15.5 Å². The highest BCUT2D eigenvalue weighted by molar-refractivity contribution is 6.30. The molecule has 2 N–H and O–H groups in total. The molecule has 38 heavy (non-hydrogen) atoms.